The summed E-state index contributed by atoms with van der Waals surface area (Å²) in [7, 11) is 1.37. The zero-order valence-corrected chi connectivity index (χ0v) is 15.3. The molecular formula is C21H20F2N2O2. The summed E-state index contributed by atoms with van der Waals surface area (Å²) in [5, 5.41) is 0. The third-order valence-corrected chi connectivity index (χ3v) is 4.23. The van der Waals surface area contributed by atoms with Crippen LogP contribution in [0.3, 0.4) is 0 Å². The molecule has 0 aliphatic rings. The molecule has 4 nitrogen and oxygen atoms in total. The lowest BCUT2D eigenvalue weighted by atomic mass is 10.1. The molecule has 1 amide bonds. The van der Waals surface area contributed by atoms with E-state index in [1.807, 2.05) is 13.8 Å². The fourth-order valence-corrected chi connectivity index (χ4v) is 2.94. The van der Waals surface area contributed by atoms with E-state index in [1.54, 1.807) is 47.3 Å². The number of amides is 1. The maximum atomic E-state index is 14.5. The topological polar surface area (TPSA) is 34.5 Å². The number of methoxy groups -OCH3 is 1. The Morgan fingerprint density at radius 2 is 1.74 bits per heavy atom. The molecule has 0 saturated carbocycles. The first-order chi connectivity index (χ1) is 12.9. The van der Waals surface area contributed by atoms with E-state index >= 15 is 0 Å². The molecular weight excluding hydrogens is 350 g/mol. The number of anilines is 1. The first-order valence-electron chi connectivity index (χ1n) is 8.52. The first kappa shape index (κ1) is 18.6. The second-order valence-corrected chi connectivity index (χ2v) is 6.34. The molecule has 0 spiro atoms. The van der Waals surface area contributed by atoms with Crippen molar-refractivity contribution in [2.45, 2.75) is 19.9 Å². The van der Waals surface area contributed by atoms with Gasteiger partial charge in [-0.2, -0.15) is 0 Å². The maximum absolute atomic E-state index is 14.5. The van der Waals surface area contributed by atoms with Crippen LogP contribution in [-0.2, 0) is 0 Å². The molecule has 0 bridgehead atoms. The van der Waals surface area contributed by atoms with Gasteiger partial charge in [0.05, 0.1) is 12.8 Å². The summed E-state index contributed by atoms with van der Waals surface area (Å²) in [5.74, 6) is -1.39. The summed E-state index contributed by atoms with van der Waals surface area (Å²) >= 11 is 0. The number of nitrogens with zero attached hydrogens (tertiary/aromatic N) is 2. The van der Waals surface area contributed by atoms with E-state index in [9.17, 15) is 13.6 Å². The summed E-state index contributed by atoms with van der Waals surface area (Å²) in [5.41, 5.74) is 0.916. The summed E-state index contributed by atoms with van der Waals surface area (Å²) in [6, 6.07) is 11.9. The Kier molecular flexibility index (Phi) is 5.26. The largest absolute Gasteiger partial charge is 0.494 e. The van der Waals surface area contributed by atoms with Crippen LogP contribution in [0.1, 0.15) is 24.2 Å². The van der Waals surface area contributed by atoms with Gasteiger partial charge in [0, 0.05) is 35.8 Å². The fraction of sp³-hybridized carbons (Fsp3) is 0.190. The summed E-state index contributed by atoms with van der Waals surface area (Å²) in [6.45, 7) is 3.62. The molecule has 3 rings (SSSR count). The highest BCUT2D eigenvalue weighted by Gasteiger charge is 2.23. The van der Waals surface area contributed by atoms with E-state index in [0.717, 1.165) is 0 Å². The highest BCUT2D eigenvalue weighted by molar-refractivity contribution is 6.06. The number of hydrogen-bond acceptors (Lipinski definition) is 2. The van der Waals surface area contributed by atoms with Crippen LogP contribution in [0.5, 0.6) is 5.75 Å². The molecule has 1 heterocycles. The average Bonchev–Trinajstić information content (AvgIpc) is 3.16. The van der Waals surface area contributed by atoms with Crippen LogP contribution in [0, 0.1) is 11.6 Å². The van der Waals surface area contributed by atoms with Gasteiger partial charge in [0.25, 0.3) is 5.91 Å². The Hall–Kier alpha value is -3.15. The summed E-state index contributed by atoms with van der Waals surface area (Å²) < 4.78 is 35.2. The monoisotopic (exact) mass is 370 g/mol. The molecule has 27 heavy (non-hydrogen) atoms. The second kappa shape index (κ2) is 7.61. The average molecular weight is 370 g/mol. The number of hydrogen-bond donors (Lipinski definition) is 0. The van der Waals surface area contributed by atoms with E-state index in [2.05, 4.69) is 0 Å². The van der Waals surface area contributed by atoms with E-state index < -0.39 is 17.5 Å². The number of benzene rings is 2. The van der Waals surface area contributed by atoms with E-state index in [-0.39, 0.29) is 17.4 Å². The van der Waals surface area contributed by atoms with Gasteiger partial charge in [-0.1, -0.05) is 0 Å². The molecule has 0 aliphatic heterocycles. The van der Waals surface area contributed by atoms with Gasteiger partial charge in [-0.15, -0.1) is 0 Å². The molecule has 0 N–H and O–H groups in total. The van der Waals surface area contributed by atoms with Crippen molar-refractivity contribution in [1.82, 2.24) is 4.57 Å². The molecule has 0 saturated heterocycles. The molecule has 0 aliphatic carbocycles. The van der Waals surface area contributed by atoms with Gasteiger partial charge in [0.15, 0.2) is 11.6 Å². The van der Waals surface area contributed by atoms with Gasteiger partial charge in [-0.3, -0.25) is 4.79 Å². The minimum Gasteiger partial charge on any atom is -0.494 e. The van der Waals surface area contributed by atoms with Crippen molar-refractivity contribution >= 4 is 11.6 Å². The Morgan fingerprint density at radius 3 is 2.30 bits per heavy atom. The predicted octanol–water partition coefficient (Wildman–Crippen LogP) is 4.82. The Morgan fingerprint density at radius 1 is 1.04 bits per heavy atom. The van der Waals surface area contributed by atoms with Gasteiger partial charge in [-0.25, -0.2) is 8.78 Å². The second-order valence-electron chi connectivity index (χ2n) is 6.34. The fourth-order valence-electron chi connectivity index (χ4n) is 2.94. The van der Waals surface area contributed by atoms with Crippen molar-refractivity contribution in [3.63, 3.8) is 0 Å². The number of carbonyl (C=O) groups excluding carboxylic acids is 1. The van der Waals surface area contributed by atoms with Crippen molar-refractivity contribution in [1.29, 1.82) is 0 Å². The molecule has 0 unspecified atom stereocenters. The Labute approximate surface area is 156 Å². The predicted molar refractivity (Wildman–Crippen MR) is 101 cm³/mol. The van der Waals surface area contributed by atoms with Gasteiger partial charge >= 0.3 is 0 Å². The number of halogens is 2. The van der Waals surface area contributed by atoms with Crippen LogP contribution in [0.15, 0.2) is 60.9 Å². The Bertz CT molecular complexity index is 953. The zero-order chi connectivity index (χ0) is 19.6. The summed E-state index contributed by atoms with van der Waals surface area (Å²) in [4.78, 5) is 14.4. The van der Waals surface area contributed by atoms with Crippen molar-refractivity contribution < 1.29 is 18.3 Å². The van der Waals surface area contributed by atoms with Crippen LogP contribution >= 0.6 is 0 Å². The van der Waals surface area contributed by atoms with E-state index in [1.165, 1.54) is 30.2 Å². The van der Waals surface area contributed by atoms with Gasteiger partial charge in [0.2, 0.25) is 0 Å². The van der Waals surface area contributed by atoms with Gasteiger partial charge in [0.1, 0.15) is 5.82 Å². The van der Waals surface area contributed by atoms with Crippen molar-refractivity contribution in [3.8, 4) is 11.4 Å². The third kappa shape index (κ3) is 3.69. The quantitative estimate of drug-likeness (QED) is 0.645. The van der Waals surface area contributed by atoms with Crippen LogP contribution in [0.2, 0.25) is 0 Å². The number of carbonyl (C=O) groups is 1. The van der Waals surface area contributed by atoms with Crippen LogP contribution in [-0.4, -0.2) is 23.6 Å². The van der Waals surface area contributed by atoms with Crippen molar-refractivity contribution in [3.05, 3.63) is 78.1 Å². The minimum atomic E-state index is -0.567. The molecule has 2 aromatic carbocycles. The van der Waals surface area contributed by atoms with E-state index in [4.69, 9.17) is 4.74 Å². The number of aromatic nitrogens is 1. The highest BCUT2D eigenvalue weighted by Crippen LogP contribution is 2.27. The number of ether oxygens (including phenoxy) is 1. The molecule has 0 fully saturated rings. The Balaban J connectivity index is 1.96. The standard InChI is InChI=1S/C21H20F2N2O2/c1-14(2)25(16-7-9-20(27-3)18(23)13-16)21(26)15-6-8-19(17(22)12-15)24-10-4-5-11-24/h4-14H,1-3H3. The van der Waals surface area contributed by atoms with Gasteiger partial charge in [-0.05, 0) is 56.3 Å². The lowest BCUT2D eigenvalue weighted by Crippen LogP contribution is -2.37. The molecule has 1 aromatic heterocycles. The highest BCUT2D eigenvalue weighted by atomic mass is 19.1. The minimum absolute atomic E-state index is 0.0945. The summed E-state index contributed by atoms with van der Waals surface area (Å²) in [6.07, 6.45) is 3.45. The molecule has 3 aromatic rings. The van der Waals surface area contributed by atoms with Crippen molar-refractivity contribution in [2.75, 3.05) is 12.0 Å². The zero-order valence-electron chi connectivity index (χ0n) is 15.3. The van der Waals surface area contributed by atoms with Crippen LogP contribution < -0.4 is 9.64 Å². The van der Waals surface area contributed by atoms with Crippen molar-refractivity contribution in [2.24, 2.45) is 0 Å². The number of rotatable bonds is 5. The lowest BCUT2D eigenvalue weighted by Gasteiger charge is -2.27. The SMILES string of the molecule is COc1ccc(N(C(=O)c2ccc(-n3cccc3)c(F)c2)C(C)C)cc1F. The molecule has 6 heteroatoms. The molecule has 0 radical (unpaired) electrons. The van der Waals surface area contributed by atoms with Crippen LogP contribution in [0.4, 0.5) is 14.5 Å². The lowest BCUT2D eigenvalue weighted by molar-refractivity contribution is 0.0980. The maximum Gasteiger partial charge on any atom is 0.258 e. The first-order valence-corrected chi connectivity index (χ1v) is 8.52. The molecule has 0 atom stereocenters. The third-order valence-electron chi connectivity index (χ3n) is 4.23. The van der Waals surface area contributed by atoms with E-state index in [0.29, 0.717) is 11.4 Å². The normalized spacial score (nSPS) is 10.9. The van der Waals surface area contributed by atoms with Crippen LogP contribution in [0.25, 0.3) is 5.69 Å². The van der Waals surface area contributed by atoms with Gasteiger partial charge < -0.3 is 14.2 Å². The molecule has 140 valence electrons. The smallest absolute Gasteiger partial charge is 0.258 e.